The van der Waals surface area contributed by atoms with E-state index in [0.717, 1.165) is 28.3 Å². The van der Waals surface area contributed by atoms with Crippen molar-refractivity contribution in [2.45, 2.75) is 19.0 Å². The first-order valence-electron chi connectivity index (χ1n) is 11.6. The minimum atomic E-state index is -3.99. The summed E-state index contributed by atoms with van der Waals surface area (Å²) in [5.41, 5.74) is 1.51. The first kappa shape index (κ1) is 28.9. The largest absolute Gasteiger partial charge is 0.497 e. The Morgan fingerprint density at radius 1 is 1.03 bits per heavy atom. The minimum Gasteiger partial charge on any atom is -0.497 e. The molecule has 0 radical (unpaired) electrons. The highest BCUT2D eigenvalue weighted by molar-refractivity contribution is 7.92. The summed E-state index contributed by atoms with van der Waals surface area (Å²) in [6.07, 6.45) is 1.13. The summed E-state index contributed by atoms with van der Waals surface area (Å²) in [5.74, 6) is -1.21. The van der Waals surface area contributed by atoms with Gasteiger partial charge >= 0.3 is 0 Å². The summed E-state index contributed by atoms with van der Waals surface area (Å²) >= 11 is 5.89. The van der Waals surface area contributed by atoms with Crippen molar-refractivity contribution < 1.29 is 27.1 Å². The van der Waals surface area contributed by atoms with Gasteiger partial charge in [-0.05, 0) is 41.5 Å². The van der Waals surface area contributed by atoms with Crippen molar-refractivity contribution in [3.63, 3.8) is 0 Å². The van der Waals surface area contributed by atoms with Gasteiger partial charge in [-0.2, -0.15) is 0 Å². The van der Waals surface area contributed by atoms with Crippen LogP contribution >= 0.6 is 11.6 Å². The molecular formula is C27H29ClFN3O5S. The number of nitrogens with one attached hydrogen (secondary N) is 1. The molecule has 38 heavy (non-hydrogen) atoms. The van der Waals surface area contributed by atoms with Gasteiger partial charge in [0.15, 0.2) is 0 Å². The molecule has 202 valence electrons. The van der Waals surface area contributed by atoms with Crippen LogP contribution in [0.15, 0.2) is 72.8 Å². The summed E-state index contributed by atoms with van der Waals surface area (Å²) in [5, 5.41) is 2.32. The third-order valence-corrected chi connectivity index (χ3v) is 7.31. The Hall–Kier alpha value is -3.63. The van der Waals surface area contributed by atoms with E-state index in [0.29, 0.717) is 11.3 Å². The Morgan fingerprint density at radius 2 is 1.71 bits per heavy atom. The number of sulfonamides is 1. The molecular weight excluding hydrogens is 533 g/mol. The van der Waals surface area contributed by atoms with Crippen molar-refractivity contribution in [3.8, 4) is 5.75 Å². The van der Waals surface area contributed by atoms with Crippen LogP contribution in [0.1, 0.15) is 11.1 Å². The minimum absolute atomic E-state index is 0.00271. The van der Waals surface area contributed by atoms with E-state index in [1.807, 2.05) is 30.3 Å². The molecule has 0 heterocycles. The second kappa shape index (κ2) is 12.7. The number of ether oxygens (including phenoxy) is 1. The number of carbonyl (C=O) groups excluding carboxylic acids is 2. The molecule has 3 aromatic carbocycles. The number of methoxy groups -OCH3 is 1. The number of likely N-dealkylation sites (N-methyl/N-ethyl adjacent to an activating group) is 1. The van der Waals surface area contributed by atoms with Crippen molar-refractivity contribution in [2.24, 2.45) is 0 Å². The van der Waals surface area contributed by atoms with Crippen LogP contribution in [0.3, 0.4) is 0 Å². The fraction of sp³-hybridized carbons (Fsp3) is 0.259. The lowest BCUT2D eigenvalue weighted by Gasteiger charge is -2.33. The molecule has 0 saturated heterocycles. The number of hydrogen-bond donors (Lipinski definition) is 1. The second-order valence-electron chi connectivity index (χ2n) is 8.56. The van der Waals surface area contributed by atoms with E-state index in [9.17, 15) is 22.4 Å². The first-order chi connectivity index (χ1) is 18.0. The zero-order valence-corrected chi connectivity index (χ0v) is 22.8. The molecule has 1 atom stereocenters. The molecule has 8 nitrogen and oxygen atoms in total. The molecule has 0 fully saturated rings. The number of hydrogen-bond acceptors (Lipinski definition) is 5. The predicted molar refractivity (Wildman–Crippen MR) is 145 cm³/mol. The molecule has 0 aromatic heterocycles. The molecule has 0 bridgehead atoms. The Bertz CT molecular complexity index is 1390. The topological polar surface area (TPSA) is 96.0 Å². The number of halogens is 2. The van der Waals surface area contributed by atoms with Crippen LogP contribution < -0.4 is 14.4 Å². The molecule has 0 saturated carbocycles. The lowest BCUT2D eigenvalue weighted by molar-refractivity contribution is -0.139. The maximum absolute atomic E-state index is 13.8. The van der Waals surface area contributed by atoms with Crippen molar-refractivity contribution in [1.29, 1.82) is 0 Å². The quantitative estimate of drug-likeness (QED) is 0.386. The summed E-state index contributed by atoms with van der Waals surface area (Å²) in [4.78, 5) is 28.3. The third kappa shape index (κ3) is 7.45. The van der Waals surface area contributed by atoms with Crippen LogP contribution in [-0.2, 0) is 32.6 Å². The molecule has 0 unspecified atom stereocenters. The molecule has 3 rings (SSSR count). The number of rotatable bonds is 11. The lowest BCUT2D eigenvalue weighted by Crippen LogP contribution is -2.52. The van der Waals surface area contributed by atoms with Gasteiger partial charge in [-0.3, -0.25) is 13.9 Å². The van der Waals surface area contributed by atoms with Gasteiger partial charge in [0.25, 0.3) is 0 Å². The SMILES string of the molecule is CNC(=O)[C@H](Cc1ccccc1)N(Cc1cccc(OC)c1)C(=O)CN(c1ccc(F)c(Cl)c1)S(C)(=O)=O. The number of nitrogens with zero attached hydrogens (tertiary/aromatic N) is 2. The number of anilines is 1. The molecule has 0 aliphatic rings. The standard InChI is InChI=1S/C27H29ClFN3O5S/c1-30-27(34)25(15-19-8-5-4-6-9-19)31(17-20-10-7-11-22(14-20)37-2)26(33)18-32(38(3,35)36)21-12-13-24(29)23(28)16-21/h4-14,16,25H,15,17-18H2,1-3H3,(H,30,34)/t25-/m0/s1. The highest BCUT2D eigenvalue weighted by atomic mass is 35.5. The maximum Gasteiger partial charge on any atom is 0.244 e. The fourth-order valence-electron chi connectivity index (χ4n) is 3.94. The van der Waals surface area contributed by atoms with Crippen LogP contribution in [0, 0.1) is 5.82 Å². The van der Waals surface area contributed by atoms with E-state index in [1.54, 1.807) is 24.3 Å². The fourth-order valence-corrected chi connectivity index (χ4v) is 4.96. The highest BCUT2D eigenvalue weighted by Crippen LogP contribution is 2.25. The zero-order valence-electron chi connectivity index (χ0n) is 21.2. The number of carbonyl (C=O) groups is 2. The Kier molecular flexibility index (Phi) is 9.71. The molecule has 1 N–H and O–H groups in total. The molecule has 11 heteroatoms. The Labute approximate surface area is 227 Å². The van der Waals surface area contributed by atoms with Gasteiger partial charge in [0.1, 0.15) is 24.2 Å². The predicted octanol–water partition coefficient (Wildman–Crippen LogP) is 3.64. The molecule has 0 spiro atoms. The average Bonchev–Trinajstić information content (AvgIpc) is 2.90. The summed E-state index contributed by atoms with van der Waals surface area (Å²) < 4.78 is 45.3. The van der Waals surface area contributed by atoms with Gasteiger partial charge in [-0.25, -0.2) is 12.8 Å². The molecule has 3 aromatic rings. The smallest absolute Gasteiger partial charge is 0.244 e. The van der Waals surface area contributed by atoms with Crippen LogP contribution in [0.25, 0.3) is 0 Å². The monoisotopic (exact) mass is 561 g/mol. The second-order valence-corrected chi connectivity index (χ2v) is 10.9. The van der Waals surface area contributed by atoms with Crippen LogP contribution in [0.5, 0.6) is 5.75 Å². The van der Waals surface area contributed by atoms with Crippen molar-refractivity contribution >= 4 is 39.1 Å². The van der Waals surface area contributed by atoms with E-state index in [2.05, 4.69) is 5.32 Å². The van der Waals surface area contributed by atoms with Crippen LogP contribution in [-0.4, -0.2) is 58.1 Å². The van der Waals surface area contributed by atoms with Gasteiger partial charge in [0.2, 0.25) is 21.8 Å². The average molecular weight is 562 g/mol. The van der Waals surface area contributed by atoms with Crippen LogP contribution in [0.4, 0.5) is 10.1 Å². The Balaban J connectivity index is 2.04. The highest BCUT2D eigenvalue weighted by Gasteiger charge is 2.32. The molecule has 0 aliphatic heterocycles. The van der Waals surface area contributed by atoms with E-state index in [4.69, 9.17) is 16.3 Å². The summed E-state index contributed by atoms with van der Waals surface area (Å²) in [6, 6.07) is 18.6. The first-order valence-corrected chi connectivity index (χ1v) is 13.9. The van der Waals surface area contributed by atoms with E-state index < -0.39 is 40.2 Å². The van der Waals surface area contributed by atoms with E-state index in [1.165, 1.54) is 25.1 Å². The summed E-state index contributed by atoms with van der Waals surface area (Å²) in [7, 11) is -0.999. The van der Waals surface area contributed by atoms with Crippen molar-refractivity contribution in [3.05, 3.63) is 94.8 Å². The zero-order chi connectivity index (χ0) is 27.9. The van der Waals surface area contributed by atoms with Gasteiger partial charge < -0.3 is 15.0 Å². The summed E-state index contributed by atoms with van der Waals surface area (Å²) in [6.45, 7) is -0.629. The molecule has 0 aliphatic carbocycles. The number of benzene rings is 3. The van der Waals surface area contributed by atoms with Gasteiger partial charge in [-0.1, -0.05) is 54.1 Å². The normalized spacial score (nSPS) is 11.9. The Morgan fingerprint density at radius 3 is 2.32 bits per heavy atom. The van der Waals surface area contributed by atoms with Crippen molar-refractivity contribution in [2.75, 3.05) is 31.3 Å². The van der Waals surface area contributed by atoms with Crippen molar-refractivity contribution in [1.82, 2.24) is 10.2 Å². The van der Waals surface area contributed by atoms with Gasteiger partial charge in [0.05, 0.1) is 24.1 Å². The van der Waals surface area contributed by atoms with Gasteiger partial charge in [0, 0.05) is 20.0 Å². The van der Waals surface area contributed by atoms with E-state index >= 15 is 0 Å². The van der Waals surface area contributed by atoms with Gasteiger partial charge in [-0.15, -0.1) is 0 Å². The van der Waals surface area contributed by atoms with Crippen LogP contribution in [0.2, 0.25) is 5.02 Å². The molecule has 2 amide bonds. The van der Waals surface area contributed by atoms with E-state index in [-0.39, 0.29) is 23.7 Å². The lowest BCUT2D eigenvalue weighted by atomic mass is 10.0. The third-order valence-electron chi connectivity index (χ3n) is 5.87. The maximum atomic E-state index is 13.8. The number of amides is 2.